The first-order chi connectivity index (χ1) is 5.79. The molecule has 80 valence electrons. The van der Waals surface area contributed by atoms with Crippen LogP contribution in [0.2, 0.25) is 0 Å². The van der Waals surface area contributed by atoms with Crippen molar-refractivity contribution in [2.45, 2.75) is 37.8 Å². The smallest absolute Gasteiger partial charge is 0.248 e. The van der Waals surface area contributed by atoms with Gasteiger partial charge in [0.05, 0.1) is 0 Å². The summed E-state index contributed by atoms with van der Waals surface area (Å²) in [5.41, 5.74) is 0. The van der Waals surface area contributed by atoms with Gasteiger partial charge >= 0.3 is 11.8 Å². The van der Waals surface area contributed by atoms with Gasteiger partial charge in [-0.3, -0.25) is 0 Å². The summed E-state index contributed by atoms with van der Waals surface area (Å²) in [6.45, 7) is -0.848. The third-order valence-electron chi connectivity index (χ3n) is 1.58. The number of rotatable bonds is 5. The Hall–Kier alpha value is -0.420. The SMILES string of the molecule is CCCC(F)(F)C(F)(F)[C@@H](F)CF. The highest BCUT2D eigenvalue weighted by atomic mass is 19.3. The lowest BCUT2D eigenvalue weighted by atomic mass is 10.0. The normalized spacial score (nSPS) is 15.9. The Kier molecular flexibility index (Phi) is 4.06. The molecule has 0 radical (unpaired) electrons. The van der Waals surface area contributed by atoms with E-state index < -0.39 is 31.1 Å². The van der Waals surface area contributed by atoms with Crippen molar-refractivity contribution in [1.82, 2.24) is 0 Å². The molecule has 0 saturated carbocycles. The maximum atomic E-state index is 12.5. The van der Waals surface area contributed by atoms with Gasteiger partial charge in [0.1, 0.15) is 6.67 Å². The maximum absolute atomic E-state index is 12.5. The van der Waals surface area contributed by atoms with E-state index in [0.717, 1.165) is 0 Å². The molecule has 0 saturated heterocycles. The van der Waals surface area contributed by atoms with Gasteiger partial charge in [-0.15, -0.1) is 0 Å². The van der Waals surface area contributed by atoms with Crippen molar-refractivity contribution in [3.8, 4) is 0 Å². The van der Waals surface area contributed by atoms with Crippen LogP contribution in [0.4, 0.5) is 26.3 Å². The predicted molar refractivity (Wildman–Crippen MR) is 35.7 cm³/mol. The molecule has 0 fully saturated rings. The molecule has 0 aliphatic heterocycles. The quantitative estimate of drug-likeness (QED) is 0.607. The van der Waals surface area contributed by atoms with E-state index in [-0.39, 0.29) is 6.42 Å². The summed E-state index contributed by atoms with van der Waals surface area (Å²) in [6.07, 6.45) is -4.81. The Labute approximate surface area is 71.9 Å². The Morgan fingerprint density at radius 2 is 1.62 bits per heavy atom. The second-order valence-electron chi connectivity index (χ2n) is 2.70. The van der Waals surface area contributed by atoms with Gasteiger partial charge in [-0.1, -0.05) is 13.3 Å². The zero-order valence-electron chi connectivity index (χ0n) is 6.97. The van der Waals surface area contributed by atoms with Gasteiger partial charge in [0, 0.05) is 6.42 Å². The molecule has 0 bridgehead atoms. The van der Waals surface area contributed by atoms with Crippen LogP contribution in [0.15, 0.2) is 0 Å². The number of halogens is 6. The van der Waals surface area contributed by atoms with Crippen molar-refractivity contribution < 1.29 is 26.3 Å². The van der Waals surface area contributed by atoms with E-state index in [9.17, 15) is 26.3 Å². The first kappa shape index (κ1) is 12.6. The molecule has 0 amide bonds. The van der Waals surface area contributed by atoms with Gasteiger partial charge in [0.2, 0.25) is 0 Å². The van der Waals surface area contributed by atoms with Crippen molar-refractivity contribution in [3.05, 3.63) is 0 Å². The summed E-state index contributed by atoms with van der Waals surface area (Å²) >= 11 is 0. The summed E-state index contributed by atoms with van der Waals surface area (Å²) < 4.78 is 73.4. The summed E-state index contributed by atoms with van der Waals surface area (Å²) in [6, 6.07) is 0. The first-order valence-electron chi connectivity index (χ1n) is 3.75. The molecule has 0 aromatic carbocycles. The van der Waals surface area contributed by atoms with Crippen molar-refractivity contribution in [2.24, 2.45) is 0 Å². The van der Waals surface area contributed by atoms with Gasteiger partial charge in [-0.05, 0) is 0 Å². The third kappa shape index (κ3) is 2.51. The summed E-state index contributed by atoms with van der Waals surface area (Å²) in [5, 5.41) is 0. The predicted octanol–water partition coefficient (Wildman–Crippen LogP) is 3.36. The van der Waals surface area contributed by atoms with Crippen LogP contribution in [0.1, 0.15) is 19.8 Å². The minimum Gasteiger partial charge on any atom is -0.248 e. The molecule has 0 unspecified atom stereocenters. The standard InChI is InChI=1S/C7H10F6/c1-2-3-6(10,11)7(12,13)5(9)4-8/h5H,2-4H2,1H3/t5-/m0/s1. The molecule has 0 aromatic heterocycles. The molecular formula is C7H10F6. The van der Waals surface area contributed by atoms with Crippen LogP contribution in [0.3, 0.4) is 0 Å². The number of alkyl halides is 6. The monoisotopic (exact) mass is 208 g/mol. The van der Waals surface area contributed by atoms with Crippen molar-refractivity contribution in [3.63, 3.8) is 0 Å². The second kappa shape index (κ2) is 4.19. The third-order valence-corrected chi connectivity index (χ3v) is 1.58. The van der Waals surface area contributed by atoms with Gasteiger partial charge in [0.15, 0.2) is 6.17 Å². The Balaban J connectivity index is 4.58. The highest BCUT2D eigenvalue weighted by molar-refractivity contribution is 4.90. The fraction of sp³-hybridized carbons (Fsp3) is 1.00. The summed E-state index contributed by atoms with van der Waals surface area (Å²) in [7, 11) is 0. The summed E-state index contributed by atoms with van der Waals surface area (Å²) in [4.78, 5) is 0. The van der Waals surface area contributed by atoms with E-state index in [0.29, 0.717) is 0 Å². The minimum absolute atomic E-state index is 0.221. The largest absolute Gasteiger partial charge is 0.343 e. The van der Waals surface area contributed by atoms with E-state index in [1.54, 1.807) is 0 Å². The van der Waals surface area contributed by atoms with E-state index >= 15 is 0 Å². The lowest BCUT2D eigenvalue weighted by Crippen LogP contribution is -2.48. The topological polar surface area (TPSA) is 0 Å². The van der Waals surface area contributed by atoms with Gasteiger partial charge in [-0.2, -0.15) is 17.6 Å². The molecule has 6 heteroatoms. The number of hydrogen-bond acceptors (Lipinski definition) is 0. The van der Waals surface area contributed by atoms with E-state index in [4.69, 9.17) is 0 Å². The molecule has 0 rings (SSSR count). The Morgan fingerprint density at radius 3 is 1.92 bits per heavy atom. The first-order valence-corrected chi connectivity index (χ1v) is 3.75. The van der Waals surface area contributed by atoms with Crippen LogP contribution in [0.25, 0.3) is 0 Å². The average Bonchev–Trinajstić information content (AvgIpc) is 2.02. The molecule has 0 spiro atoms. The van der Waals surface area contributed by atoms with Crippen LogP contribution >= 0.6 is 0 Å². The summed E-state index contributed by atoms with van der Waals surface area (Å²) in [5.74, 6) is -9.40. The van der Waals surface area contributed by atoms with Gasteiger partial charge < -0.3 is 0 Å². The van der Waals surface area contributed by atoms with E-state index in [1.807, 2.05) is 0 Å². The highest BCUT2D eigenvalue weighted by Crippen LogP contribution is 2.41. The molecule has 0 aromatic rings. The highest BCUT2D eigenvalue weighted by Gasteiger charge is 2.60. The van der Waals surface area contributed by atoms with Crippen LogP contribution in [-0.4, -0.2) is 24.7 Å². The second-order valence-corrected chi connectivity index (χ2v) is 2.70. The molecule has 0 nitrogen and oxygen atoms in total. The molecule has 1 atom stereocenters. The lowest BCUT2D eigenvalue weighted by Gasteiger charge is -2.27. The van der Waals surface area contributed by atoms with Crippen LogP contribution < -0.4 is 0 Å². The molecular weight excluding hydrogens is 198 g/mol. The molecule has 0 N–H and O–H groups in total. The van der Waals surface area contributed by atoms with Crippen LogP contribution in [-0.2, 0) is 0 Å². The van der Waals surface area contributed by atoms with Crippen molar-refractivity contribution in [1.29, 1.82) is 0 Å². The zero-order valence-corrected chi connectivity index (χ0v) is 6.97. The Morgan fingerprint density at radius 1 is 1.15 bits per heavy atom. The molecule has 13 heavy (non-hydrogen) atoms. The van der Waals surface area contributed by atoms with E-state index in [1.165, 1.54) is 6.92 Å². The Bertz CT molecular complexity index is 155. The minimum atomic E-state index is -4.92. The molecule has 0 aliphatic carbocycles. The maximum Gasteiger partial charge on any atom is 0.343 e. The average molecular weight is 208 g/mol. The van der Waals surface area contributed by atoms with Crippen molar-refractivity contribution >= 4 is 0 Å². The van der Waals surface area contributed by atoms with Gasteiger partial charge in [-0.25, -0.2) is 8.78 Å². The van der Waals surface area contributed by atoms with E-state index in [2.05, 4.69) is 0 Å². The fourth-order valence-corrected chi connectivity index (χ4v) is 0.807. The zero-order chi connectivity index (χ0) is 10.7. The lowest BCUT2D eigenvalue weighted by molar-refractivity contribution is -0.243. The number of hydrogen-bond donors (Lipinski definition) is 0. The van der Waals surface area contributed by atoms with Crippen LogP contribution in [0.5, 0.6) is 0 Å². The van der Waals surface area contributed by atoms with Crippen LogP contribution in [0, 0.1) is 0 Å². The van der Waals surface area contributed by atoms with Crippen molar-refractivity contribution in [2.75, 3.05) is 6.67 Å². The van der Waals surface area contributed by atoms with Gasteiger partial charge in [0.25, 0.3) is 0 Å². The fourth-order valence-electron chi connectivity index (χ4n) is 0.807. The molecule has 0 heterocycles. The molecule has 0 aliphatic rings.